The van der Waals surface area contributed by atoms with Crippen LogP contribution in [-0.4, -0.2) is 16.1 Å². The van der Waals surface area contributed by atoms with Gasteiger partial charge in [0.1, 0.15) is 0 Å². The summed E-state index contributed by atoms with van der Waals surface area (Å²) in [4.78, 5) is 0. The highest BCUT2D eigenvalue weighted by atomic mass is 79.9. The van der Waals surface area contributed by atoms with Crippen LogP contribution in [-0.2, 0) is 0 Å². The molecule has 0 aliphatic rings. The summed E-state index contributed by atoms with van der Waals surface area (Å²) in [6.45, 7) is 14.4. The highest BCUT2D eigenvalue weighted by molar-refractivity contribution is 9.24. The van der Waals surface area contributed by atoms with Crippen molar-refractivity contribution < 1.29 is 0 Å². The lowest BCUT2D eigenvalue weighted by Crippen LogP contribution is -2.44. The van der Waals surface area contributed by atoms with E-state index in [1.807, 2.05) is 0 Å². The molecule has 0 N–H and O–H groups in total. The molecule has 96 valence electrons. The maximum Gasteiger partial charge on any atom is 0.0945 e. The van der Waals surface area contributed by atoms with Crippen LogP contribution in [0.25, 0.3) is 0 Å². The molecule has 4 heteroatoms. The molecule has 1 aromatic carbocycles. The monoisotopic (exact) mass is 392 g/mol. The fraction of sp³-hybridized carbons (Fsp3) is 0.538. The maximum atomic E-state index is 3.68. The van der Waals surface area contributed by atoms with Crippen LogP contribution in [0.5, 0.6) is 0 Å². The zero-order valence-corrected chi connectivity index (χ0v) is 16.7. The summed E-state index contributed by atoms with van der Waals surface area (Å²) >= 11 is 7.36. The van der Waals surface area contributed by atoms with Crippen molar-refractivity contribution in [2.24, 2.45) is 0 Å². The molecule has 0 bridgehead atoms. The quantitative estimate of drug-likeness (QED) is 0.521. The second-order valence-corrected chi connectivity index (χ2v) is 19.8. The molecule has 1 rings (SSSR count). The van der Waals surface area contributed by atoms with E-state index in [4.69, 9.17) is 0 Å². The highest BCUT2D eigenvalue weighted by Gasteiger charge is 2.25. The molecule has 17 heavy (non-hydrogen) atoms. The third-order valence-corrected chi connectivity index (χ3v) is 8.06. The van der Waals surface area contributed by atoms with Gasteiger partial charge in [0, 0.05) is 0 Å². The average Bonchev–Trinajstić information content (AvgIpc) is 2.14. The summed E-state index contributed by atoms with van der Waals surface area (Å²) in [6, 6.07) is 7.13. The Labute approximate surface area is 124 Å². The van der Waals surface area contributed by atoms with Crippen LogP contribution in [0.2, 0.25) is 39.3 Å². The van der Waals surface area contributed by atoms with Gasteiger partial charge in [-0.1, -0.05) is 99.7 Å². The standard InChI is InChI=1S/C13H22Br2Si2/c1-16(2,3)10-7-8-12(17(4,5)6)11(9-10)13(14)15/h7-9,13H,1-6H3. The Morgan fingerprint density at radius 2 is 1.41 bits per heavy atom. The molecule has 0 nitrogen and oxygen atoms in total. The second-order valence-electron chi connectivity index (χ2n) is 6.60. The van der Waals surface area contributed by atoms with E-state index in [0.717, 1.165) is 0 Å². The number of halogens is 2. The molecule has 0 aliphatic carbocycles. The molecule has 0 unspecified atom stereocenters. The van der Waals surface area contributed by atoms with Gasteiger partial charge in [-0.25, -0.2) is 0 Å². The molecule has 0 heterocycles. The summed E-state index contributed by atoms with van der Waals surface area (Å²) in [6.07, 6.45) is 0. The number of hydrogen-bond acceptors (Lipinski definition) is 0. The lowest BCUT2D eigenvalue weighted by atomic mass is 10.2. The molecule has 0 radical (unpaired) electrons. The summed E-state index contributed by atoms with van der Waals surface area (Å²) in [7, 11) is -2.49. The fourth-order valence-corrected chi connectivity index (χ4v) is 5.91. The van der Waals surface area contributed by atoms with Crippen molar-refractivity contribution in [1.29, 1.82) is 0 Å². The normalized spacial score (nSPS) is 13.2. The van der Waals surface area contributed by atoms with Crippen LogP contribution in [0.1, 0.15) is 9.30 Å². The first kappa shape index (κ1) is 15.7. The Balaban J connectivity index is 3.38. The maximum absolute atomic E-state index is 3.68. The summed E-state index contributed by atoms with van der Waals surface area (Å²) < 4.78 is 0.271. The SMILES string of the molecule is C[Si](C)(C)c1ccc([Si](C)(C)C)c(C(Br)Br)c1. The smallest absolute Gasteiger partial charge is 0.0712 e. The van der Waals surface area contributed by atoms with Gasteiger partial charge in [0.2, 0.25) is 0 Å². The van der Waals surface area contributed by atoms with Crippen molar-refractivity contribution in [2.75, 3.05) is 0 Å². The molecule has 0 spiro atoms. The zero-order valence-electron chi connectivity index (χ0n) is 11.6. The minimum Gasteiger partial charge on any atom is -0.0712 e. The summed E-state index contributed by atoms with van der Waals surface area (Å²) in [5.41, 5.74) is 1.43. The number of rotatable bonds is 3. The van der Waals surface area contributed by atoms with E-state index in [9.17, 15) is 0 Å². The van der Waals surface area contributed by atoms with Gasteiger partial charge in [0.15, 0.2) is 0 Å². The van der Waals surface area contributed by atoms with Crippen LogP contribution in [0.3, 0.4) is 0 Å². The van der Waals surface area contributed by atoms with Gasteiger partial charge in [-0.15, -0.1) is 0 Å². The lowest BCUT2D eigenvalue weighted by Gasteiger charge is -2.25. The van der Waals surface area contributed by atoms with E-state index in [2.05, 4.69) is 89.3 Å². The van der Waals surface area contributed by atoms with Gasteiger partial charge in [-0.2, -0.15) is 0 Å². The molecule has 0 aromatic heterocycles. The largest absolute Gasteiger partial charge is 0.0945 e. The Kier molecular flexibility index (Phi) is 4.90. The van der Waals surface area contributed by atoms with E-state index in [0.29, 0.717) is 0 Å². The molecule has 0 amide bonds. The topological polar surface area (TPSA) is 0 Å². The Morgan fingerprint density at radius 3 is 1.76 bits per heavy atom. The molecule has 0 fully saturated rings. The predicted octanol–water partition coefficient (Wildman–Crippen LogP) is 4.57. The van der Waals surface area contributed by atoms with Crippen LogP contribution in [0.4, 0.5) is 0 Å². The first-order valence-corrected chi connectivity index (χ1v) is 14.8. The van der Waals surface area contributed by atoms with Gasteiger partial charge in [0.05, 0.1) is 19.9 Å². The van der Waals surface area contributed by atoms with E-state index < -0.39 is 16.1 Å². The fourth-order valence-electron chi connectivity index (χ4n) is 1.89. The van der Waals surface area contributed by atoms with Gasteiger partial charge < -0.3 is 0 Å². The van der Waals surface area contributed by atoms with Crippen molar-refractivity contribution in [1.82, 2.24) is 0 Å². The third kappa shape index (κ3) is 4.05. The predicted molar refractivity (Wildman–Crippen MR) is 93.0 cm³/mol. The van der Waals surface area contributed by atoms with Gasteiger partial charge in [0.25, 0.3) is 0 Å². The molecular formula is C13H22Br2Si2. The number of alkyl halides is 2. The Hall–Kier alpha value is 0.614. The molecule has 0 aliphatic heterocycles. The zero-order chi connectivity index (χ0) is 13.4. The van der Waals surface area contributed by atoms with Gasteiger partial charge in [-0.3, -0.25) is 0 Å². The highest BCUT2D eigenvalue weighted by Crippen LogP contribution is 2.29. The van der Waals surface area contributed by atoms with Gasteiger partial charge in [-0.05, 0) is 5.56 Å². The van der Waals surface area contributed by atoms with Crippen molar-refractivity contribution in [2.45, 2.75) is 43.0 Å². The van der Waals surface area contributed by atoms with E-state index in [-0.39, 0.29) is 3.74 Å². The van der Waals surface area contributed by atoms with E-state index in [1.54, 1.807) is 10.4 Å². The van der Waals surface area contributed by atoms with Gasteiger partial charge >= 0.3 is 0 Å². The molecule has 0 saturated heterocycles. The summed E-state index contributed by atoms with van der Waals surface area (Å²) in [5.74, 6) is 0. The van der Waals surface area contributed by atoms with Crippen LogP contribution in [0, 0.1) is 0 Å². The van der Waals surface area contributed by atoms with E-state index in [1.165, 1.54) is 5.56 Å². The number of benzene rings is 1. The van der Waals surface area contributed by atoms with Crippen molar-refractivity contribution in [3.05, 3.63) is 23.8 Å². The summed E-state index contributed by atoms with van der Waals surface area (Å²) in [5, 5.41) is 3.09. The van der Waals surface area contributed by atoms with Crippen molar-refractivity contribution in [3.63, 3.8) is 0 Å². The molecule has 0 saturated carbocycles. The molecule has 1 aromatic rings. The average molecular weight is 394 g/mol. The Morgan fingerprint density at radius 1 is 0.882 bits per heavy atom. The minimum atomic E-state index is -1.27. The first-order chi connectivity index (χ1) is 7.53. The van der Waals surface area contributed by atoms with Crippen molar-refractivity contribution >= 4 is 58.4 Å². The minimum absolute atomic E-state index is 0.271. The van der Waals surface area contributed by atoms with Crippen LogP contribution in [0.15, 0.2) is 18.2 Å². The Bertz CT molecular complexity index is 401. The molecule has 0 atom stereocenters. The lowest BCUT2D eigenvalue weighted by molar-refractivity contribution is 1.45. The van der Waals surface area contributed by atoms with Crippen molar-refractivity contribution in [3.8, 4) is 0 Å². The van der Waals surface area contributed by atoms with E-state index >= 15 is 0 Å². The molecular weight excluding hydrogens is 372 g/mol. The van der Waals surface area contributed by atoms with Crippen LogP contribution >= 0.6 is 31.9 Å². The first-order valence-electron chi connectivity index (χ1n) is 5.96. The van der Waals surface area contributed by atoms with Crippen LogP contribution < -0.4 is 10.4 Å². The third-order valence-electron chi connectivity index (χ3n) is 2.96. The number of hydrogen-bond donors (Lipinski definition) is 0. The second kappa shape index (κ2) is 5.31.